The van der Waals surface area contributed by atoms with Gasteiger partial charge >= 0.3 is 0 Å². The van der Waals surface area contributed by atoms with Gasteiger partial charge in [0.05, 0.1) is 11.3 Å². The minimum absolute atomic E-state index is 0.152. The molecule has 8 nitrogen and oxygen atoms in total. The Kier molecular flexibility index (Phi) is 7.41. The molecule has 0 aliphatic carbocycles. The van der Waals surface area contributed by atoms with Crippen molar-refractivity contribution in [3.8, 4) is 5.75 Å². The molecule has 9 heteroatoms. The van der Waals surface area contributed by atoms with Crippen molar-refractivity contribution in [1.29, 1.82) is 0 Å². The highest BCUT2D eigenvalue weighted by Gasteiger charge is 2.16. The van der Waals surface area contributed by atoms with Crippen molar-refractivity contribution in [2.24, 2.45) is 0 Å². The highest BCUT2D eigenvalue weighted by molar-refractivity contribution is 6.31. The predicted octanol–water partition coefficient (Wildman–Crippen LogP) is 4.14. The molecule has 32 heavy (non-hydrogen) atoms. The second-order valence-corrected chi connectivity index (χ2v) is 7.37. The molecule has 2 amide bonds. The predicted molar refractivity (Wildman–Crippen MR) is 119 cm³/mol. The van der Waals surface area contributed by atoms with Crippen LogP contribution in [0.1, 0.15) is 27.0 Å². The maximum atomic E-state index is 12.3. The number of carbonyl (C=O) groups is 2. The third kappa shape index (κ3) is 6.05. The van der Waals surface area contributed by atoms with Gasteiger partial charge in [-0.2, -0.15) is 0 Å². The van der Waals surface area contributed by atoms with Gasteiger partial charge in [-0.05, 0) is 48.4 Å². The Labute approximate surface area is 189 Å². The summed E-state index contributed by atoms with van der Waals surface area (Å²) in [5, 5.41) is 11.7. The van der Waals surface area contributed by atoms with E-state index in [-0.39, 0.29) is 17.7 Å². The number of para-hydroxylation sites is 1. The van der Waals surface area contributed by atoms with Crippen molar-refractivity contribution in [3.05, 3.63) is 104 Å². The summed E-state index contributed by atoms with van der Waals surface area (Å²) in [4.78, 5) is 34.8. The standard InChI is InChI=1S/C23H20ClN3O5/c1-15-12-19(10-11-20(15)24)32-14-16-6-8-17(9-7-16)23(29)26-25-22(28)13-18-4-2-3-5-21(18)27(30)31/h2-12H,13-14H2,1H3,(H,25,28)(H,26,29). The minimum atomic E-state index is -0.573. The molecule has 0 unspecified atom stereocenters. The first-order valence-corrected chi connectivity index (χ1v) is 10.0. The third-order valence-electron chi connectivity index (χ3n) is 4.61. The molecule has 0 aromatic heterocycles. The summed E-state index contributed by atoms with van der Waals surface area (Å²) < 4.78 is 5.73. The number of ether oxygens (including phenoxy) is 1. The van der Waals surface area contributed by atoms with Crippen LogP contribution >= 0.6 is 11.6 Å². The Bertz CT molecular complexity index is 1150. The molecule has 0 atom stereocenters. The zero-order valence-corrected chi connectivity index (χ0v) is 17.9. The van der Waals surface area contributed by atoms with Gasteiger partial charge in [0, 0.05) is 22.2 Å². The summed E-state index contributed by atoms with van der Waals surface area (Å²) in [5.74, 6) is -0.396. The number of hydrogen-bond acceptors (Lipinski definition) is 5. The Morgan fingerprint density at radius 3 is 2.44 bits per heavy atom. The van der Waals surface area contributed by atoms with Crippen LogP contribution in [0.2, 0.25) is 5.02 Å². The number of hydrogen-bond donors (Lipinski definition) is 2. The molecule has 0 aliphatic rings. The molecule has 0 fully saturated rings. The van der Waals surface area contributed by atoms with Gasteiger partial charge < -0.3 is 4.74 Å². The summed E-state index contributed by atoms with van der Waals surface area (Å²) in [7, 11) is 0. The van der Waals surface area contributed by atoms with E-state index < -0.39 is 16.7 Å². The Morgan fingerprint density at radius 1 is 1.03 bits per heavy atom. The molecular formula is C23H20ClN3O5. The van der Waals surface area contributed by atoms with Crippen molar-refractivity contribution in [2.75, 3.05) is 0 Å². The van der Waals surface area contributed by atoms with E-state index in [2.05, 4.69) is 10.9 Å². The molecule has 0 saturated heterocycles. The van der Waals surface area contributed by atoms with Crippen molar-refractivity contribution in [2.45, 2.75) is 20.0 Å². The molecule has 3 aromatic carbocycles. The van der Waals surface area contributed by atoms with Crippen molar-refractivity contribution in [3.63, 3.8) is 0 Å². The summed E-state index contributed by atoms with van der Waals surface area (Å²) in [6, 6.07) is 18.0. The van der Waals surface area contributed by atoms with E-state index in [0.29, 0.717) is 22.9 Å². The fourth-order valence-corrected chi connectivity index (χ4v) is 3.00. The van der Waals surface area contributed by atoms with Gasteiger partial charge in [0.25, 0.3) is 11.6 Å². The first kappa shape index (κ1) is 22.8. The van der Waals surface area contributed by atoms with Crippen LogP contribution in [0, 0.1) is 17.0 Å². The van der Waals surface area contributed by atoms with Gasteiger partial charge in [-0.15, -0.1) is 0 Å². The molecule has 164 valence electrons. The summed E-state index contributed by atoms with van der Waals surface area (Å²) in [6.45, 7) is 2.21. The smallest absolute Gasteiger partial charge is 0.273 e. The fraction of sp³-hybridized carbons (Fsp3) is 0.130. The first-order valence-electron chi connectivity index (χ1n) is 9.63. The van der Waals surface area contributed by atoms with Crippen LogP contribution in [0.4, 0.5) is 5.69 Å². The lowest BCUT2D eigenvalue weighted by Gasteiger charge is -2.10. The van der Waals surface area contributed by atoms with Gasteiger partial charge in [-0.3, -0.25) is 30.6 Å². The number of nitro benzene ring substituents is 1. The monoisotopic (exact) mass is 453 g/mol. The number of benzene rings is 3. The lowest BCUT2D eigenvalue weighted by molar-refractivity contribution is -0.385. The van der Waals surface area contributed by atoms with Crippen LogP contribution in [0.5, 0.6) is 5.75 Å². The number of rotatable bonds is 7. The molecule has 3 aromatic rings. The molecular weight excluding hydrogens is 434 g/mol. The number of amides is 2. The second kappa shape index (κ2) is 10.4. The largest absolute Gasteiger partial charge is 0.489 e. The van der Waals surface area contributed by atoms with E-state index in [9.17, 15) is 19.7 Å². The minimum Gasteiger partial charge on any atom is -0.489 e. The maximum absolute atomic E-state index is 12.3. The topological polar surface area (TPSA) is 111 Å². The molecule has 2 N–H and O–H groups in total. The molecule has 0 aliphatic heterocycles. The number of hydrazine groups is 1. The van der Waals surface area contributed by atoms with Crippen molar-refractivity contribution >= 4 is 29.1 Å². The Hall–Kier alpha value is -3.91. The third-order valence-corrected chi connectivity index (χ3v) is 5.03. The van der Waals surface area contributed by atoms with Gasteiger partial charge in [0.2, 0.25) is 5.91 Å². The molecule has 0 spiro atoms. The number of nitrogens with one attached hydrogen (secondary N) is 2. The molecule has 3 rings (SSSR count). The van der Waals surface area contributed by atoms with Crippen LogP contribution in [0.3, 0.4) is 0 Å². The Balaban J connectivity index is 1.50. The summed E-state index contributed by atoms with van der Waals surface area (Å²) in [6.07, 6.45) is -0.238. The van der Waals surface area contributed by atoms with Gasteiger partial charge in [-0.25, -0.2) is 0 Å². The molecule has 0 bridgehead atoms. The zero-order valence-electron chi connectivity index (χ0n) is 17.1. The maximum Gasteiger partial charge on any atom is 0.273 e. The lowest BCUT2D eigenvalue weighted by atomic mass is 10.1. The summed E-state index contributed by atoms with van der Waals surface area (Å²) in [5.41, 5.74) is 6.78. The summed E-state index contributed by atoms with van der Waals surface area (Å²) >= 11 is 6.00. The van der Waals surface area contributed by atoms with Crippen LogP contribution in [0.25, 0.3) is 0 Å². The number of nitro groups is 1. The Morgan fingerprint density at radius 2 is 1.75 bits per heavy atom. The van der Waals surface area contributed by atoms with E-state index in [1.165, 1.54) is 18.2 Å². The van der Waals surface area contributed by atoms with Crippen LogP contribution in [0.15, 0.2) is 66.7 Å². The highest BCUT2D eigenvalue weighted by Crippen LogP contribution is 2.22. The fourth-order valence-electron chi connectivity index (χ4n) is 2.88. The molecule has 0 radical (unpaired) electrons. The van der Waals surface area contributed by atoms with Crippen molar-refractivity contribution < 1.29 is 19.2 Å². The van der Waals surface area contributed by atoms with E-state index in [1.807, 2.05) is 13.0 Å². The van der Waals surface area contributed by atoms with E-state index in [4.69, 9.17) is 16.3 Å². The quantitative estimate of drug-likeness (QED) is 0.412. The van der Waals surface area contributed by atoms with Gasteiger partial charge in [0.15, 0.2) is 0 Å². The molecule has 0 heterocycles. The van der Waals surface area contributed by atoms with Crippen LogP contribution in [-0.2, 0) is 17.8 Å². The first-order chi connectivity index (χ1) is 15.3. The number of halogens is 1. The van der Waals surface area contributed by atoms with Gasteiger partial charge in [0.1, 0.15) is 12.4 Å². The van der Waals surface area contributed by atoms with Crippen LogP contribution in [-0.4, -0.2) is 16.7 Å². The average molecular weight is 454 g/mol. The van der Waals surface area contributed by atoms with E-state index in [1.54, 1.807) is 42.5 Å². The van der Waals surface area contributed by atoms with Crippen molar-refractivity contribution in [1.82, 2.24) is 10.9 Å². The average Bonchev–Trinajstić information content (AvgIpc) is 2.79. The van der Waals surface area contributed by atoms with E-state index in [0.717, 1.165) is 11.1 Å². The number of carbonyl (C=O) groups excluding carboxylic acids is 2. The lowest BCUT2D eigenvalue weighted by Crippen LogP contribution is -2.42. The number of aryl methyl sites for hydroxylation is 1. The second-order valence-electron chi connectivity index (χ2n) is 6.96. The highest BCUT2D eigenvalue weighted by atomic mass is 35.5. The normalized spacial score (nSPS) is 10.3. The number of nitrogens with zero attached hydrogens (tertiary/aromatic N) is 1. The van der Waals surface area contributed by atoms with Gasteiger partial charge in [-0.1, -0.05) is 41.9 Å². The SMILES string of the molecule is Cc1cc(OCc2ccc(C(=O)NNC(=O)Cc3ccccc3[N+](=O)[O-])cc2)ccc1Cl. The van der Waals surface area contributed by atoms with E-state index >= 15 is 0 Å². The van der Waals surface area contributed by atoms with Crippen LogP contribution < -0.4 is 15.6 Å². The molecule has 0 saturated carbocycles. The zero-order chi connectivity index (χ0) is 23.1.